The molecule has 336 valence electrons. The lowest BCUT2D eigenvalue weighted by Crippen LogP contribution is -2.61. The third-order valence-corrected chi connectivity index (χ3v) is 16.0. The molecule has 12 rings (SSSR count). The van der Waals surface area contributed by atoms with Crippen LogP contribution < -0.4 is 31.1 Å². The average Bonchev–Trinajstić information content (AvgIpc) is 3.64. The van der Waals surface area contributed by atoms with E-state index >= 15 is 0 Å². The van der Waals surface area contributed by atoms with E-state index in [0.29, 0.717) is 5.56 Å². The maximum atomic E-state index is 9.19. The molecule has 0 fully saturated rings. The zero-order valence-electron chi connectivity index (χ0n) is 44.0. The van der Waals surface area contributed by atoms with Gasteiger partial charge in [0.2, 0.25) is 0 Å². The monoisotopic (exact) mass is 887 g/mol. The topological polar surface area (TPSA) is 9.72 Å². The van der Waals surface area contributed by atoms with Gasteiger partial charge in [-0.2, -0.15) is 0 Å². The Kier molecular flexibility index (Phi) is 8.58. The van der Waals surface area contributed by atoms with Crippen molar-refractivity contribution in [1.82, 2.24) is 0 Å². The summed E-state index contributed by atoms with van der Waals surface area (Å²) < 4.78 is 27.6. The number of rotatable bonds is 6. The largest absolute Gasteiger partial charge is 0.311 e. The highest BCUT2D eigenvalue weighted by atomic mass is 15.2. The molecule has 0 spiro atoms. The second kappa shape index (κ2) is 14.9. The fraction of sp³-hybridized carbons (Fsp3) is 0.250. The number of para-hydroxylation sites is 2. The van der Waals surface area contributed by atoms with Gasteiger partial charge in [-0.1, -0.05) is 146 Å². The molecule has 0 N–H and O–H groups in total. The average molecular weight is 887 g/mol. The van der Waals surface area contributed by atoms with Crippen LogP contribution in [0.4, 0.5) is 51.2 Å². The molecule has 0 atom stereocenters. The summed E-state index contributed by atoms with van der Waals surface area (Å²) in [5.41, 5.74) is 21.8. The SMILES string of the molecule is [2H]C([2H])([2H])c1cc2c3c(c1)N(c1ccc(-c4ccccc4)cc1C)c1cc(N(c4ccccc4)c4ccccc4)ccc1B3c1cc3c(cc1N2c1ccc2c(c1)C(C)(C)CC2(C)C)C(C)(C)CC3(C)C. The quantitative estimate of drug-likeness (QED) is 0.154. The van der Waals surface area contributed by atoms with Crippen LogP contribution in [0.1, 0.15) is 106 Å². The van der Waals surface area contributed by atoms with Crippen molar-refractivity contribution in [2.45, 2.75) is 104 Å². The smallest absolute Gasteiger partial charge is 0.252 e. The Hall–Kier alpha value is -6.78. The predicted molar refractivity (Wildman–Crippen MR) is 291 cm³/mol. The molecule has 4 aliphatic rings. The van der Waals surface area contributed by atoms with Gasteiger partial charge >= 0.3 is 0 Å². The molecule has 2 aliphatic carbocycles. The minimum absolute atomic E-state index is 0.0343. The van der Waals surface area contributed by atoms with Crippen LogP contribution in [0.25, 0.3) is 11.1 Å². The summed E-state index contributed by atoms with van der Waals surface area (Å²) in [6.07, 6.45) is 2.09. The van der Waals surface area contributed by atoms with Crippen molar-refractivity contribution in [2.75, 3.05) is 14.7 Å². The number of aryl methyl sites for hydroxylation is 2. The summed E-state index contributed by atoms with van der Waals surface area (Å²) in [5.74, 6) is 0. The molecule has 0 unspecified atom stereocenters. The Morgan fingerprint density at radius 2 is 1.00 bits per heavy atom. The van der Waals surface area contributed by atoms with E-state index in [9.17, 15) is 4.11 Å². The van der Waals surface area contributed by atoms with E-state index in [0.717, 1.165) is 86.2 Å². The van der Waals surface area contributed by atoms with Crippen molar-refractivity contribution in [3.05, 3.63) is 203 Å². The van der Waals surface area contributed by atoms with Gasteiger partial charge in [-0.3, -0.25) is 0 Å². The Labute approximate surface area is 409 Å². The van der Waals surface area contributed by atoms with Crippen LogP contribution in [0.5, 0.6) is 0 Å². The number of benzene rings is 8. The molecule has 2 aliphatic heterocycles. The van der Waals surface area contributed by atoms with Crippen LogP contribution in [-0.4, -0.2) is 6.71 Å². The first kappa shape index (κ1) is 39.2. The number of nitrogens with zero attached hydrogens (tertiary/aromatic N) is 3. The first-order chi connectivity index (χ1) is 33.7. The normalized spacial score (nSPS) is 18.1. The maximum Gasteiger partial charge on any atom is 0.252 e. The minimum atomic E-state index is -2.39. The van der Waals surface area contributed by atoms with Gasteiger partial charge in [0, 0.05) is 55.3 Å². The molecule has 0 saturated heterocycles. The van der Waals surface area contributed by atoms with Gasteiger partial charge in [0.15, 0.2) is 0 Å². The molecule has 68 heavy (non-hydrogen) atoms. The first-order valence-corrected chi connectivity index (χ1v) is 24.5. The third-order valence-electron chi connectivity index (χ3n) is 16.0. The molecule has 2 heterocycles. The lowest BCUT2D eigenvalue weighted by atomic mass is 9.33. The molecular formula is C64H62BN3. The van der Waals surface area contributed by atoms with E-state index in [1.165, 1.54) is 33.2 Å². The van der Waals surface area contributed by atoms with Crippen molar-refractivity contribution >= 4 is 74.3 Å². The van der Waals surface area contributed by atoms with Crippen LogP contribution in [0.15, 0.2) is 170 Å². The minimum Gasteiger partial charge on any atom is -0.311 e. The molecule has 8 aromatic carbocycles. The van der Waals surface area contributed by atoms with E-state index in [2.05, 4.69) is 235 Å². The molecule has 0 amide bonds. The third kappa shape index (κ3) is 6.47. The molecule has 0 radical (unpaired) electrons. The van der Waals surface area contributed by atoms with Crippen molar-refractivity contribution in [3.8, 4) is 11.1 Å². The summed E-state index contributed by atoms with van der Waals surface area (Å²) in [6, 6.07) is 61.6. The van der Waals surface area contributed by atoms with Gasteiger partial charge in [-0.05, 0) is 188 Å². The lowest BCUT2D eigenvalue weighted by Gasteiger charge is -2.45. The van der Waals surface area contributed by atoms with E-state index < -0.39 is 6.85 Å². The molecule has 0 saturated carbocycles. The molecule has 3 nitrogen and oxygen atoms in total. The van der Waals surface area contributed by atoms with E-state index in [1.54, 1.807) is 0 Å². The highest BCUT2D eigenvalue weighted by Crippen LogP contribution is 2.55. The molecule has 4 heteroatoms. The number of hydrogen-bond acceptors (Lipinski definition) is 3. The van der Waals surface area contributed by atoms with Crippen LogP contribution >= 0.6 is 0 Å². The highest BCUT2D eigenvalue weighted by molar-refractivity contribution is 7.00. The summed E-state index contributed by atoms with van der Waals surface area (Å²) in [7, 11) is 0. The standard InChI is InChI=1S/C64H62BN3/c1-41-32-58-60-59(33-41)68(55-31-26-44(34-42(55)2)43-20-14-11-15-21-43)56-36-48(66(45-22-16-12-17-23-45)46-24-18-13-19-25-46)28-30-53(56)65(60)54-37-51-52(64(9,10)40-63(51,7)8)38-57(54)67(58)47-27-29-49-50(35-47)62(5,6)39-61(49,3)4/h11-38H,39-40H2,1-10H3/i1D3. The maximum absolute atomic E-state index is 9.19. The fourth-order valence-electron chi connectivity index (χ4n) is 13.6. The van der Waals surface area contributed by atoms with Gasteiger partial charge in [-0.25, -0.2) is 0 Å². The summed E-state index contributed by atoms with van der Waals surface area (Å²) in [6.45, 7) is 18.7. The van der Waals surface area contributed by atoms with Crippen LogP contribution in [-0.2, 0) is 21.7 Å². The van der Waals surface area contributed by atoms with E-state index in [-0.39, 0.29) is 28.4 Å². The van der Waals surface area contributed by atoms with Crippen LogP contribution in [0, 0.1) is 13.8 Å². The Morgan fingerprint density at radius 1 is 0.441 bits per heavy atom. The molecular weight excluding hydrogens is 822 g/mol. The number of anilines is 9. The van der Waals surface area contributed by atoms with Gasteiger partial charge in [0.25, 0.3) is 6.71 Å². The molecule has 8 aromatic rings. The van der Waals surface area contributed by atoms with Crippen molar-refractivity contribution in [1.29, 1.82) is 0 Å². The Bertz CT molecular complexity index is 3410. The molecule has 0 bridgehead atoms. The van der Waals surface area contributed by atoms with Gasteiger partial charge < -0.3 is 14.7 Å². The van der Waals surface area contributed by atoms with Crippen LogP contribution in [0.3, 0.4) is 0 Å². The van der Waals surface area contributed by atoms with Gasteiger partial charge in [-0.15, -0.1) is 0 Å². The van der Waals surface area contributed by atoms with E-state index in [4.69, 9.17) is 0 Å². The van der Waals surface area contributed by atoms with Gasteiger partial charge in [0.05, 0.1) is 0 Å². The zero-order valence-corrected chi connectivity index (χ0v) is 41.0. The highest BCUT2D eigenvalue weighted by Gasteiger charge is 2.49. The Morgan fingerprint density at radius 3 is 1.62 bits per heavy atom. The second-order valence-electron chi connectivity index (χ2n) is 22.7. The summed E-state index contributed by atoms with van der Waals surface area (Å²) in [5, 5.41) is 0. The van der Waals surface area contributed by atoms with Crippen molar-refractivity contribution in [2.24, 2.45) is 0 Å². The van der Waals surface area contributed by atoms with E-state index in [1.807, 2.05) is 12.1 Å². The zero-order chi connectivity index (χ0) is 49.6. The molecule has 0 aromatic heterocycles. The fourth-order valence-corrected chi connectivity index (χ4v) is 13.6. The Balaban J connectivity index is 1.19. The number of fused-ring (bicyclic) bond motifs is 6. The van der Waals surface area contributed by atoms with Crippen molar-refractivity contribution < 1.29 is 4.11 Å². The van der Waals surface area contributed by atoms with Crippen LogP contribution in [0.2, 0.25) is 0 Å². The lowest BCUT2D eigenvalue weighted by molar-refractivity contribution is 0.403. The first-order valence-electron chi connectivity index (χ1n) is 26.0. The predicted octanol–water partition coefficient (Wildman–Crippen LogP) is 15.4. The second-order valence-corrected chi connectivity index (χ2v) is 22.7. The number of hydrogen-bond donors (Lipinski definition) is 0. The van der Waals surface area contributed by atoms with Crippen molar-refractivity contribution in [3.63, 3.8) is 0 Å². The van der Waals surface area contributed by atoms with Gasteiger partial charge in [0.1, 0.15) is 0 Å². The summed E-state index contributed by atoms with van der Waals surface area (Å²) in [4.78, 5) is 7.16. The summed E-state index contributed by atoms with van der Waals surface area (Å²) >= 11 is 0.